The van der Waals surface area contributed by atoms with Gasteiger partial charge in [-0.1, -0.05) is 23.2 Å². The predicted octanol–water partition coefficient (Wildman–Crippen LogP) is 3.72. The van der Waals surface area contributed by atoms with Crippen molar-refractivity contribution in [1.82, 2.24) is 20.2 Å². The monoisotopic (exact) mass is 319 g/mol. The average molecular weight is 320 g/mol. The number of tetrazole rings is 1. The van der Waals surface area contributed by atoms with Gasteiger partial charge in [0.05, 0.1) is 0 Å². The van der Waals surface area contributed by atoms with Gasteiger partial charge in [-0.25, -0.2) is 0 Å². The fourth-order valence-corrected chi connectivity index (χ4v) is 2.01. The van der Waals surface area contributed by atoms with Crippen LogP contribution in [0, 0.1) is 0 Å². The van der Waals surface area contributed by atoms with Gasteiger partial charge >= 0.3 is 0 Å². The lowest BCUT2D eigenvalue weighted by atomic mass is 10.2. The van der Waals surface area contributed by atoms with E-state index in [9.17, 15) is 0 Å². The van der Waals surface area contributed by atoms with Crippen LogP contribution < -0.4 is 5.32 Å². The summed E-state index contributed by atoms with van der Waals surface area (Å²) in [6.45, 7) is 0.419. The Morgan fingerprint density at radius 1 is 0.905 bits per heavy atom. The van der Waals surface area contributed by atoms with Crippen LogP contribution in [0.3, 0.4) is 0 Å². The first kappa shape index (κ1) is 13.9. The van der Waals surface area contributed by atoms with Gasteiger partial charge in [0, 0.05) is 21.3 Å². The third-order valence-corrected chi connectivity index (χ3v) is 3.33. The summed E-state index contributed by atoms with van der Waals surface area (Å²) >= 11 is 11.7. The smallest absolute Gasteiger partial charge is 0.204 e. The molecule has 1 heterocycles. The van der Waals surface area contributed by atoms with Crippen LogP contribution in [0.25, 0.3) is 11.4 Å². The maximum Gasteiger partial charge on any atom is 0.204 e. The van der Waals surface area contributed by atoms with Crippen molar-refractivity contribution in [2.45, 2.75) is 6.67 Å². The van der Waals surface area contributed by atoms with Gasteiger partial charge < -0.3 is 5.32 Å². The maximum absolute atomic E-state index is 5.85. The molecule has 0 fully saturated rings. The normalized spacial score (nSPS) is 10.6. The molecule has 0 saturated carbocycles. The molecule has 5 nitrogen and oxygen atoms in total. The van der Waals surface area contributed by atoms with E-state index < -0.39 is 0 Å². The number of hydrogen-bond donors (Lipinski definition) is 1. The quantitative estimate of drug-likeness (QED) is 0.796. The molecule has 0 radical (unpaired) electrons. The van der Waals surface area contributed by atoms with E-state index in [1.54, 1.807) is 12.1 Å². The number of rotatable bonds is 4. The van der Waals surface area contributed by atoms with Gasteiger partial charge in [-0.05, 0) is 53.7 Å². The first-order valence-corrected chi connectivity index (χ1v) is 6.99. The van der Waals surface area contributed by atoms with Crippen molar-refractivity contribution in [1.29, 1.82) is 0 Å². The topological polar surface area (TPSA) is 55.6 Å². The van der Waals surface area contributed by atoms with E-state index in [-0.39, 0.29) is 0 Å². The second-order valence-electron chi connectivity index (χ2n) is 4.33. The lowest BCUT2D eigenvalue weighted by Crippen LogP contribution is -2.11. The Morgan fingerprint density at radius 3 is 2.19 bits per heavy atom. The predicted molar refractivity (Wildman–Crippen MR) is 83.3 cm³/mol. The lowest BCUT2D eigenvalue weighted by Gasteiger charge is -2.04. The number of nitrogens with zero attached hydrogens (tertiary/aromatic N) is 4. The van der Waals surface area contributed by atoms with Gasteiger partial charge in [-0.3, -0.25) is 0 Å². The van der Waals surface area contributed by atoms with Gasteiger partial charge in [-0.2, -0.15) is 0 Å². The Bertz CT molecular complexity index is 722. The first-order valence-electron chi connectivity index (χ1n) is 6.24. The van der Waals surface area contributed by atoms with Crippen LogP contribution in [-0.4, -0.2) is 20.2 Å². The van der Waals surface area contributed by atoms with Crippen LogP contribution in [0.5, 0.6) is 0 Å². The van der Waals surface area contributed by atoms with Gasteiger partial charge in [0.1, 0.15) is 6.67 Å². The van der Waals surface area contributed by atoms with Crippen molar-refractivity contribution >= 4 is 28.9 Å². The summed E-state index contributed by atoms with van der Waals surface area (Å²) in [7, 11) is 0. The number of aromatic nitrogens is 4. The molecule has 0 bridgehead atoms. The van der Waals surface area contributed by atoms with Crippen molar-refractivity contribution in [3.8, 4) is 11.4 Å². The summed E-state index contributed by atoms with van der Waals surface area (Å²) < 4.78 is 0. The Morgan fingerprint density at radius 2 is 1.52 bits per heavy atom. The molecule has 3 rings (SSSR count). The van der Waals surface area contributed by atoms with E-state index in [0.717, 1.165) is 11.3 Å². The van der Waals surface area contributed by atoms with Crippen LogP contribution in [0.4, 0.5) is 5.69 Å². The highest BCUT2D eigenvalue weighted by atomic mass is 35.5. The molecule has 106 valence electrons. The number of anilines is 1. The molecule has 1 N–H and O–H groups in total. The van der Waals surface area contributed by atoms with Gasteiger partial charge in [0.25, 0.3) is 0 Å². The van der Waals surface area contributed by atoms with Gasteiger partial charge in [0.15, 0.2) is 0 Å². The Balaban J connectivity index is 1.67. The summed E-state index contributed by atoms with van der Waals surface area (Å²) in [4.78, 5) is 1.48. The summed E-state index contributed by atoms with van der Waals surface area (Å²) in [6.07, 6.45) is 0. The lowest BCUT2D eigenvalue weighted by molar-refractivity contribution is 0.561. The van der Waals surface area contributed by atoms with Crippen LogP contribution in [-0.2, 0) is 6.67 Å². The molecule has 1 aromatic heterocycles. The van der Waals surface area contributed by atoms with E-state index in [1.807, 2.05) is 36.4 Å². The summed E-state index contributed by atoms with van der Waals surface area (Å²) in [6, 6.07) is 14.7. The minimum atomic E-state index is 0.419. The minimum Gasteiger partial charge on any atom is -0.365 e. The number of halogens is 2. The molecule has 0 aliphatic rings. The molecule has 7 heteroatoms. The second kappa shape index (κ2) is 6.11. The fraction of sp³-hybridized carbons (Fsp3) is 0.0714. The first-order chi connectivity index (χ1) is 10.2. The highest BCUT2D eigenvalue weighted by Crippen LogP contribution is 2.17. The number of hydrogen-bond acceptors (Lipinski definition) is 4. The highest BCUT2D eigenvalue weighted by molar-refractivity contribution is 6.30. The van der Waals surface area contributed by atoms with E-state index in [1.165, 1.54) is 4.80 Å². The van der Waals surface area contributed by atoms with Crippen molar-refractivity contribution in [3.05, 3.63) is 58.6 Å². The van der Waals surface area contributed by atoms with Crippen molar-refractivity contribution in [2.75, 3.05) is 5.32 Å². The van der Waals surface area contributed by atoms with Crippen molar-refractivity contribution in [2.24, 2.45) is 0 Å². The molecular formula is C14H11Cl2N5. The maximum atomic E-state index is 5.85. The fourth-order valence-electron chi connectivity index (χ4n) is 1.75. The van der Waals surface area contributed by atoms with E-state index in [4.69, 9.17) is 23.2 Å². The molecule has 3 aromatic rings. The summed E-state index contributed by atoms with van der Waals surface area (Å²) in [5.74, 6) is 0.560. The van der Waals surface area contributed by atoms with Crippen LogP contribution in [0.2, 0.25) is 10.0 Å². The molecule has 2 aromatic carbocycles. The average Bonchev–Trinajstić information content (AvgIpc) is 2.96. The van der Waals surface area contributed by atoms with Gasteiger partial charge in [-0.15, -0.1) is 15.0 Å². The van der Waals surface area contributed by atoms with E-state index >= 15 is 0 Å². The minimum absolute atomic E-state index is 0.419. The highest BCUT2D eigenvalue weighted by Gasteiger charge is 2.05. The van der Waals surface area contributed by atoms with Crippen molar-refractivity contribution in [3.63, 3.8) is 0 Å². The SMILES string of the molecule is Clc1ccc(NCn2nnc(-c3ccc(Cl)cc3)n2)cc1. The van der Waals surface area contributed by atoms with E-state index in [2.05, 4.69) is 20.7 Å². The molecule has 0 amide bonds. The zero-order valence-electron chi connectivity index (χ0n) is 10.9. The number of nitrogens with one attached hydrogen (secondary N) is 1. The second-order valence-corrected chi connectivity index (χ2v) is 5.21. The van der Waals surface area contributed by atoms with E-state index in [0.29, 0.717) is 22.5 Å². The molecule has 0 saturated heterocycles. The van der Waals surface area contributed by atoms with Crippen LogP contribution >= 0.6 is 23.2 Å². The third kappa shape index (κ3) is 3.51. The molecule has 0 aliphatic carbocycles. The standard InChI is InChI=1S/C14H11Cl2N5/c15-11-3-1-10(2-4-11)14-18-20-21(19-14)9-17-13-7-5-12(16)6-8-13/h1-8,17H,9H2. The molecular weight excluding hydrogens is 309 g/mol. The van der Waals surface area contributed by atoms with Crippen LogP contribution in [0.15, 0.2) is 48.5 Å². The largest absolute Gasteiger partial charge is 0.365 e. The Hall–Kier alpha value is -2.11. The Kier molecular flexibility index (Phi) is 4.03. The van der Waals surface area contributed by atoms with Crippen LogP contribution in [0.1, 0.15) is 0 Å². The Labute approximate surface area is 131 Å². The molecule has 0 atom stereocenters. The summed E-state index contributed by atoms with van der Waals surface area (Å²) in [5, 5.41) is 16.9. The molecule has 0 unspecified atom stereocenters. The zero-order valence-corrected chi connectivity index (χ0v) is 12.4. The third-order valence-electron chi connectivity index (χ3n) is 2.82. The zero-order chi connectivity index (χ0) is 14.7. The van der Waals surface area contributed by atoms with Crippen molar-refractivity contribution < 1.29 is 0 Å². The molecule has 0 spiro atoms. The van der Waals surface area contributed by atoms with Gasteiger partial charge in [0.2, 0.25) is 5.82 Å². The summed E-state index contributed by atoms with van der Waals surface area (Å²) in [5.41, 5.74) is 1.81. The molecule has 21 heavy (non-hydrogen) atoms. The molecule has 0 aliphatic heterocycles. The number of benzene rings is 2.